The maximum Gasteiger partial charge on any atom is 0.0342 e. The number of rotatable bonds is 7. The van der Waals surface area contributed by atoms with Crippen molar-refractivity contribution >= 4 is 5.69 Å². The van der Waals surface area contributed by atoms with Gasteiger partial charge in [0.15, 0.2) is 0 Å². The lowest BCUT2D eigenvalue weighted by Gasteiger charge is -2.20. The normalized spacial score (nSPS) is 20.2. The van der Waals surface area contributed by atoms with E-state index in [0.29, 0.717) is 6.04 Å². The van der Waals surface area contributed by atoms with Gasteiger partial charge in [0.25, 0.3) is 0 Å². The van der Waals surface area contributed by atoms with Gasteiger partial charge in [-0.15, -0.1) is 0 Å². The van der Waals surface area contributed by atoms with Crippen molar-refractivity contribution in [1.82, 2.24) is 4.90 Å². The third-order valence-corrected chi connectivity index (χ3v) is 4.50. The molecule has 1 aliphatic rings. The van der Waals surface area contributed by atoms with Crippen LogP contribution in [-0.2, 0) is 6.42 Å². The number of likely N-dealkylation sites (tertiary alicyclic amines) is 1. The van der Waals surface area contributed by atoms with Crippen LogP contribution >= 0.6 is 0 Å². The smallest absolute Gasteiger partial charge is 0.0342 e. The number of nitrogens with zero attached hydrogens (tertiary/aromatic N) is 1. The Kier molecular flexibility index (Phi) is 7.08. The summed E-state index contributed by atoms with van der Waals surface area (Å²) in [7, 11) is 0. The van der Waals surface area contributed by atoms with Gasteiger partial charge in [-0.05, 0) is 69.3 Å². The van der Waals surface area contributed by atoms with E-state index in [2.05, 4.69) is 48.3 Å². The molecule has 0 spiro atoms. The highest BCUT2D eigenvalue weighted by atomic mass is 15.1. The van der Waals surface area contributed by atoms with Gasteiger partial charge in [-0.3, -0.25) is 0 Å². The van der Waals surface area contributed by atoms with Gasteiger partial charge in [0.05, 0.1) is 0 Å². The van der Waals surface area contributed by atoms with E-state index in [-0.39, 0.29) is 0 Å². The average Bonchev–Trinajstić information content (AvgIpc) is 2.73. The molecule has 2 rings (SSSR count). The Hall–Kier alpha value is -1.02. The van der Waals surface area contributed by atoms with Crippen molar-refractivity contribution in [3.8, 4) is 0 Å². The molecule has 1 heterocycles. The molecule has 2 nitrogen and oxygen atoms in total. The number of nitrogens with one attached hydrogen (secondary N) is 1. The molecule has 1 unspecified atom stereocenters. The maximum atomic E-state index is 3.74. The molecule has 1 aliphatic heterocycles. The Morgan fingerprint density at radius 3 is 2.57 bits per heavy atom. The van der Waals surface area contributed by atoms with E-state index in [4.69, 9.17) is 0 Å². The van der Waals surface area contributed by atoms with E-state index < -0.39 is 0 Å². The van der Waals surface area contributed by atoms with Gasteiger partial charge in [0.1, 0.15) is 0 Å². The van der Waals surface area contributed by atoms with E-state index in [9.17, 15) is 0 Å². The Morgan fingerprint density at radius 1 is 1.05 bits per heavy atom. The summed E-state index contributed by atoms with van der Waals surface area (Å²) in [6, 6.07) is 9.75. The highest BCUT2D eigenvalue weighted by Crippen LogP contribution is 2.18. The lowest BCUT2D eigenvalue weighted by atomic mass is 10.1. The van der Waals surface area contributed by atoms with Crippen LogP contribution in [0, 0.1) is 0 Å². The highest BCUT2D eigenvalue weighted by molar-refractivity contribution is 5.45. The molecule has 0 aliphatic carbocycles. The Balaban J connectivity index is 1.81. The fourth-order valence-corrected chi connectivity index (χ4v) is 3.22. The zero-order valence-electron chi connectivity index (χ0n) is 13.9. The van der Waals surface area contributed by atoms with Crippen LogP contribution in [0.15, 0.2) is 24.3 Å². The summed E-state index contributed by atoms with van der Waals surface area (Å²) < 4.78 is 0. The summed E-state index contributed by atoms with van der Waals surface area (Å²) in [6.07, 6.45) is 8.96. The first-order valence-electron chi connectivity index (χ1n) is 8.89. The maximum absolute atomic E-state index is 3.74. The monoisotopic (exact) mass is 288 g/mol. The predicted octanol–water partition coefficient (Wildman–Crippen LogP) is 4.71. The highest BCUT2D eigenvalue weighted by Gasteiger charge is 2.16. The van der Waals surface area contributed by atoms with Crippen molar-refractivity contribution in [1.29, 1.82) is 0 Å². The van der Waals surface area contributed by atoms with Gasteiger partial charge in [0.2, 0.25) is 0 Å². The van der Waals surface area contributed by atoms with Gasteiger partial charge >= 0.3 is 0 Å². The first-order chi connectivity index (χ1) is 10.3. The van der Waals surface area contributed by atoms with Crippen LogP contribution in [0.3, 0.4) is 0 Å². The topological polar surface area (TPSA) is 15.3 Å². The number of benzene rings is 1. The number of hydrogen-bond acceptors (Lipinski definition) is 2. The van der Waals surface area contributed by atoms with E-state index in [1.54, 1.807) is 0 Å². The zero-order chi connectivity index (χ0) is 14.9. The minimum atomic E-state index is 0.647. The first-order valence-corrected chi connectivity index (χ1v) is 8.89. The number of unbranched alkanes of at least 4 members (excludes halogenated alkanes) is 1. The van der Waals surface area contributed by atoms with Crippen LogP contribution < -0.4 is 5.32 Å². The summed E-state index contributed by atoms with van der Waals surface area (Å²) >= 11 is 0. The Morgan fingerprint density at radius 2 is 1.86 bits per heavy atom. The molecule has 0 bridgehead atoms. The molecule has 1 fully saturated rings. The van der Waals surface area contributed by atoms with Gasteiger partial charge in [0, 0.05) is 18.3 Å². The molecule has 1 atom stereocenters. The second kappa shape index (κ2) is 9.09. The van der Waals surface area contributed by atoms with Crippen LogP contribution in [0.4, 0.5) is 5.69 Å². The van der Waals surface area contributed by atoms with Crippen LogP contribution in [0.5, 0.6) is 0 Å². The van der Waals surface area contributed by atoms with E-state index >= 15 is 0 Å². The number of hydrogen-bond donors (Lipinski definition) is 1. The molecule has 21 heavy (non-hydrogen) atoms. The molecule has 1 aromatic carbocycles. The van der Waals surface area contributed by atoms with E-state index in [0.717, 1.165) is 0 Å². The molecule has 2 heteroatoms. The SMILES string of the molecule is CCCCc1ccc(NC2CCCN(CCC)CC2)cc1. The first kappa shape index (κ1) is 16.4. The van der Waals surface area contributed by atoms with Crippen LogP contribution in [0.2, 0.25) is 0 Å². The molecule has 0 aromatic heterocycles. The van der Waals surface area contributed by atoms with Gasteiger partial charge < -0.3 is 10.2 Å². The van der Waals surface area contributed by atoms with Gasteiger partial charge in [-0.25, -0.2) is 0 Å². The molecule has 118 valence electrons. The standard InChI is InChI=1S/C19H32N2/c1-3-5-7-17-9-11-19(12-10-17)20-18-8-6-15-21(14-4-2)16-13-18/h9-12,18,20H,3-8,13-16H2,1-2H3. The summed E-state index contributed by atoms with van der Waals surface area (Å²) in [4.78, 5) is 2.62. The average molecular weight is 288 g/mol. The predicted molar refractivity (Wildman–Crippen MR) is 93.0 cm³/mol. The molecule has 0 amide bonds. The minimum absolute atomic E-state index is 0.647. The van der Waals surface area contributed by atoms with E-state index in [1.165, 1.54) is 75.8 Å². The Bertz CT molecular complexity index is 385. The van der Waals surface area contributed by atoms with Crippen molar-refractivity contribution in [2.45, 2.75) is 64.8 Å². The van der Waals surface area contributed by atoms with E-state index in [1.807, 2.05) is 0 Å². The lowest BCUT2D eigenvalue weighted by Crippen LogP contribution is -2.27. The third kappa shape index (κ3) is 5.70. The largest absolute Gasteiger partial charge is 0.382 e. The fraction of sp³-hybridized carbons (Fsp3) is 0.684. The fourth-order valence-electron chi connectivity index (χ4n) is 3.22. The summed E-state index contributed by atoms with van der Waals surface area (Å²) in [6.45, 7) is 8.32. The summed E-state index contributed by atoms with van der Waals surface area (Å²) in [5.41, 5.74) is 2.77. The van der Waals surface area contributed by atoms with Gasteiger partial charge in [-0.1, -0.05) is 32.4 Å². The van der Waals surface area contributed by atoms with Crippen molar-refractivity contribution in [3.05, 3.63) is 29.8 Å². The number of aryl methyl sites for hydroxylation is 1. The molecule has 0 radical (unpaired) electrons. The van der Waals surface area contributed by atoms with Crippen molar-refractivity contribution in [3.63, 3.8) is 0 Å². The van der Waals surface area contributed by atoms with Crippen LogP contribution in [0.1, 0.15) is 57.9 Å². The molecule has 1 N–H and O–H groups in total. The molecular formula is C19H32N2. The third-order valence-electron chi connectivity index (χ3n) is 4.50. The summed E-state index contributed by atoms with van der Waals surface area (Å²) in [5, 5.41) is 3.74. The van der Waals surface area contributed by atoms with Crippen LogP contribution in [-0.4, -0.2) is 30.6 Å². The molecule has 0 saturated carbocycles. The van der Waals surface area contributed by atoms with Crippen molar-refractivity contribution in [2.24, 2.45) is 0 Å². The quantitative estimate of drug-likeness (QED) is 0.782. The summed E-state index contributed by atoms with van der Waals surface area (Å²) in [5.74, 6) is 0. The molecule has 1 saturated heterocycles. The molecule has 1 aromatic rings. The van der Waals surface area contributed by atoms with Crippen molar-refractivity contribution < 1.29 is 0 Å². The molecular weight excluding hydrogens is 256 g/mol. The lowest BCUT2D eigenvalue weighted by molar-refractivity contribution is 0.285. The van der Waals surface area contributed by atoms with Crippen LogP contribution in [0.25, 0.3) is 0 Å². The number of anilines is 1. The zero-order valence-corrected chi connectivity index (χ0v) is 13.9. The van der Waals surface area contributed by atoms with Gasteiger partial charge in [-0.2, -0.15) is 0 Å². The second-order valence-electron chi connectivity index (χ2n) is 6.41. The Labute approximate surface area is 130 Å². The van der Waals surface area contributed by atoms with Crippen molar-refractivity contribution in [2.75, 3.05) is 25.0 Å². The minimum Gasteiger partial charge on any atom is -0.382 e. The second-order valence-corrected chi connectivity index (χ2v) is 6.41.